The van der Waals surface area contributed by atoms with Gasteiger partial charge in [-0.05, 0) is 18.2 Å². The summed E-state index contributed by atoms with van der Waals surface area (Å²) in [7, 11) is -2.44. The molecule has 0 amide bonds. The lowest BCUT2D eigenvalue weighted by Gasteiger charge is -2.22. The molecule has 1 aromatic carbocycles. The van der Waals surface area contributed by atoms with E-state index in [0.29, 0.717) is 0 Å². The maximum absolute atomic E-state index is 12.9. The van der Waals surface area contributed by atoms with E-state index in [1.165, 1.54) is 13.1 Å². The molecule has 0 bridgehead atoms. The number of benzene rings is 1. The third-order valence-corrected chi connectivity index (χ3v) is 3.94. The summed E-state index contributed by atoms with van der Waals surface area (Å²) in [4.78, 5) is -0.218. The van der Waals surface area contributed by atoms with Crippen molar-refractivity contribution in [3.63, 3.8) is 0 Å². The molecular formula is C9H8FNO3S. The third kappa shape index (κ3) is 1.37. The second-order valence-corrected chi connectivity index (χ2v) is 5.14. The number of hydrogen-bond acceptors (Lipinski definition) is 3. The number of aliphatic hydroxyl groups excluding tert-OH is 1. The van der Waals surface area contributed by atoms with Crippen LogP contribution in [0.4, 0.5) is 4.39 Å². The number of hydrogen-bond donors (Lipinski definition) is 1. The minimum absolute atomic E-state index is 0.120. The fourth-order valence-corrected chi connectivity index (χ4v) is 2.65. The van der Waals surface area contributed by atoms with Crippen LogP contribution in [-0.2, 0) is 10.0 Å². The molecule has 0 aliphatic carbocycles. The van der Waals surface area contributed by atoms with Crippen molar-refractivity contribution in [3.8, 4) is 0 Å². The standard InChI is InChI=1S/C9H8FNO3S/c1-11-5-8(12)7-3-2-6(10)4-9(7)15(11,13)14/h2-5,12H,1H3. The quantitative estimate of drug-likeness (QED) is 0.729. The SMILES string of the molecule is CN1C=C(O)c2ccc(F)cc2S1(=O)=O. The van der Waals surface area contributed by atoms with E-state index in [9.17, 15) is 17.9 Å². The lowest BCUT2D eigenvalue weighted by atomic mass is 10.2. The Balaban J connectivity index is 2.81. The van der Waals surface area contributed by atoms with Gasteiger partial charge in [0.05, 0.1) is 6.20 Å². The van der Waals surface area contributed by atoms with Gasteiger partial charge in [0.1, 0.15) is 16.5 Å². The first-order chi connectivity index (χ1) is 6.93. The van der Waals surface area contributed by atoms with Crippen molar-refractivity contribution < 1.29 is 17.9 Å². The van der Waals surface area contributed by atoms with Gasteiger partial charge in [0, 0.05) is 12.6 Å². The number of fused-ring (bicyclic) bond motifs is 1. The van der Waals surface area contributed by atoms with Crippen molar-refractivity contribution in [1.82, 2.24) is 4.31 Å². The Bertz CT molecular complexity index is 550. The maximum atomic E-state index is 12.9. The van der Waals surface area contributed by atoms with Gasteiger partial charge < -0.3 is 5.11 Å². The zero-order valence-electron chi connectivity index (χ0n) is 7.81. The zero-order valence-corrected chi connectivity index (χ0v) is 8.62. The van der Waals surface area contributed by atoms with Crippen molar-refractivity contribution in [2.75, 3.05) is 7.05 Å². The van der Waals surface area contributed by atoms with E-state index in [4.69, 9.17) is 0 Å². The minimum Gasteiger partial charge on any atom is -0.506 e. The Morgan fingerprint density at radius 1 is 1.40 bits per heavy atom. The molecule has 1 heterocycles. The summed E-state index contributed by atoms with van der Waals surface area (Å²) in [6, 6.07) is 3.23. The summed E-state index contributed by atoms with van der Waals surface area (Å²) in [6.07, 6.45) is 1.08. The van der Waals surface area contributed by atoms with Gasteiger partial charge in [-0.3, -0.25) is 4.31 Å². The van der Waals surface area contributed by atoms with Crippen molar-refractivity contribution in [2.45, 2.75) is 4.90 Å². The molecular weight excluding hydrogens is 221 g/mol. The summed E-state index contributed by atoms with van der Waals surface area (Å²) >= 11 is 0. The fourth-order valence-electron chi connectivity index (χ4n) is 1.39. The largest absolute Gasteiger partial charge is 0.506 e. The third-order valence-electron chi connectivity index (χ3n) is 2.18. The van der Waals surface area contributed by atoms with Crippen LogP contribution >= 0.6 is 0 Å². The normalized spacial score (nSPS) is 18.3. The monoisotopic (exact) mass is 229 g/mol. The summed E-state index contributed by atoms with van der Waals surface area (Å²) in [5.41, 5.74) is 0.120. The smallest absolute Gasteiger partial charge is 0.264 e. The zero-order chi connectivity index (χ0) is 11.2. The molecule has 0 aromatic heterocycles. The van der Waals surface area contributed by atoms with Crippen LogP contribution in [-0.4, -0.2) is 24.9 Å². The highest BCUT2D eigenvalue weighted by molar-refractivity contribution is 7.89. The molecule has 4 nitrogen and oxygen atoms in total. The Hall–Kier alpha value is -1.56. The number of sulfonamides is 1. The van der Waals surface area contributed by atoms with E-state index >= 15 is 0 Å². The molecule has 2 rings (SSSR count). The predicted octanol–water partition coefficient (Wildman–Crippen LogP) is 1.32. The summed E-state index contributed by atoms with van der Waals surface area (Å²) < 4.78 is 37.2. The van der Waals surface area contributed by atoms with Crippen LogP contribution in [0.25, 0.3) is 5.76 Å². The fraction of sp³-hybridized carbons (Fsp3) is 0.111. The average Bonchev–Trinajstić information content (AvgIpc) is 2.15. The lowest BCUT2D eigenvalue weighted by Crippen LogP contribution is -2.26. The first kappa shape index (κ1) is 9.97. The average molecular weight is 229 g/mol. The second-order valence-electron chi connectivity index (χ2n) is 3.18. The van der Waals surface area contributed by atoms with Gasteiger partial charge in [-0.2, -0.15) is 0 Å². The van der Waals surface area contributed by atoms with Gasteiger partial charge >= 0.3 is 0 Å². The van der Waals surface area contributed by atoms with Crippen molar-refractivity contribution in [1.29, 1.82) is 0 Å². The number of nitrogens with zero attached hydrogens (tertiary/aromatic N) is 1. The van der Waals surface area contributed by atoms with Crippen molar-refractivity contribution >= 4 is 15.8 Å². The van der Waals surface area contributed by atoms with Gasteiger partial charge in [-0.1, -0.05) is 0 Å². The second kappa shape index (κ2) is 2.96. The van der Waals surface area contributed by atoms with Crippen LogP contribution in [0.1, 0.15) is 5.56 Å². The van der Waals surface area contributed by atoms with Crippen LogP contribution in [0.5, 0.6) is 0 Å². The maximum Gasteiger partial charge on any atom is 0.264 e. The highest BCUT2D eigenvalue weighted by atomic mass is 32.2. The van der Waals surface area contributed by atoms with E-state index in [0.717, 1.165) is 22.6 Å². The summed E-state index contributed by atoms with van der Waals surface area (Å²) in [6.45, 7) is 0. The van der Waals surface area contributed by atoms with E-state index < -0.39 is 15.8 Å². The van der Waals surface area contributed by atoms with Crippen LogP contribution in [0.15, 0.2) is 29.3 Å². The Morgan fingerprint density at radius 2 is 2.07 bits per heavy atom. The van der Waals surface area contributed by atoms with E-state index in [-0.39, 0.29) is 16.2 Å². The topological polar surface area (TPSA) is 57.6 Å². The number of rotatable bonds is 0. The molecule has 0 atom stereocenters. The molecule has 1 aliphatic rings. The minimum atomic E-state index is -3.72. The molecule has 1 aromatic rings. The van der Waals surface area contributed by atoms with Crippen molar-refractivity contribution in [3.05, 3.63) is 35.8 Å². The van der Waals surface area contributed by atoms with Crippen molar-refractivity contribution in [2.24, 2.45) is 0 Å². The van der Waals surface area contributed by atoms with Crippen LogP contribution in [0.3, 0.4) is 0 Å². The molecule has 1 N–H and O–H groups in total. The molecule has 80 valence electrons. The highest BCUT2D eigenvalue weighted by Crippen LogP contribution is 2.30. The first-order valence-corrected chi connectivity index (χ1v) is 5.55. The van der Waals surface area contributed by atoms with Gasteiger partial charge in [0.15, 0.2) is 0 Å². The van der Waals surface area contributed by atoms with Gasteiger partial charge in [-0.15, -0.1) is 0 Å². The first-order valence-electron chi connectivity index (χ1n) is 4.11. The molecule has 0 saturated heterocycles. The van der Waals surface area contributed by atoms with Crippen LogP contribution in [0.2, 0.25) is 0 Å². The molecule has 0 saturated carbocycles. The molecule has 15 heavy (non-hydrogen) atoms. The van der Waals surface area contributed by atoms with Crippen LogP contribution < -0.4 is 0 Å². The summed E-state index contributed by atoms with van der Waals surface area (Å²) in [5, 5.41) is 9.49. The molecule has 6 heteroatoms. The molecule has 0 fully saturated rings. The van der Waals surface area contributed by atoms with Gasteiger partial charge in [-0.25, -0.2) is 12.8 Å². The molecule has 0 spiro atoms. The lowest BCUT2D eigenvalue weighted by molar-refractivity contribution is 0.478. The molecule has 1 aliphatic heterocycles. The number of aliphatic hydroxyl groups is 1. The van der Waals surface area contributed by atoms with E-state index in [1.807, 2.05) is 0 Å². The van der Waals surface area contributed by atoms with Gasteiger partial charge in [0.25, 0.3) is 10.0 Å². The Kier molecular flexibility index (Phi) is 1.97. The van der Waals surface area contributed by atoms with Crippen LogP contribution in [0, 0.1) is 5.82 Å². The Morgan fingerprint density at radius 3 is 2.73 bits per heavy atom. The Labute approximate surface area is 86.3 Å². The number of halogens is 1. The summed E-state index contributed by atoms with van der Waals surface area (Å²) in [5.74, 6) is -0.845. The highest BCUT2D eigenvalue weighted by Gasteiger charge is 2.29. The van der Waals surface area contributed by atoms with Gasteiger partial charge in [0.2, 0.25) is 0 Å². The molecule has 0 unspecified atom stereocenters. The predicted molar refractivity (Wildman–Crippen MR) is 52.0 cm³/mol. The van der Waals surface area contributed by atoms with E-state index in [2.05, 4.69) is 0 Å². The van der Waals surface area contributed by atoms with E-state index in [1.54, 1.807) is 0 Å². The molecule has 0 radical (unpaired) electrons.